The standard InChI is InChI=1S/C19H18O2/c1-2-21-19(20)18-13-12-15(14-8-4-3-5-9-14)16-10-6-7-11-17(16)18/h3-13,15,18H,2H2,1H3/t15-,18-/m0/s1. The summed E-state index contributed by atoms with van der Waals surface area (Å²) in [6.45, 7) is 2.25. The Labute approximate surface area is 125 Å². The zero-order valence-corrected chi connectivity index (χ0v) is 12.0. The highest BCUT2D eigenvalue weighted by atomic mass is 16.5. The first-order chi connectivity index (χ1) is 10.3. The molecule has 0 spiro atoms. The van der Waals surface area contributed by atoms with Crippen LogP contribution in [-0.2, 0) is 9.53 Å². The van der Waals surface area contributed by atoms with E-state index in [0.29, 0.717) is 6.61 Å². The van der Waals surface area contributed by atoms with E-state index in [4.69, 9.17) is 4.74 Å². The van der Waals surface area contributed by atoms with Crippen LogP contribution in [0.15, 0.2) is 66.7 Å². The Bertz CT molecular complexity index is 658. The lowest BCUT2D eigenvalue weighted by Gasteiger charge is -2.26. The van der Waals surface area contributed by atoms with E-state index >= 15 is 0 Å². The van der Waals surface area contributed by atoms with Crippen molar-refractivity contribution in [2.45, 2.75) is 18.8 Å². The van der Waals surface area contributed by atoms with Gasteiger partial charge in [0.1, 0.15) is 5.92 Å². The van der Waals surface area contributed by atoms with Crippen LogP contribution in [0.4, 0.5) is 0 Å². The summed E-state index contributed by atoms with van der Waals surface area (Å²) in [6, 6.07) is 18.5. The number of rotatable bonds is 3. The van der Waals surface area contributed by atoms with Crippen molar-refractivity contribution in [2.24, 2.45) is 0 Å². The summed E-state index contributed by atoms with van der Waals surface area (Å²) in [5.41, 5.74) is 3.47. The van der Waals surface area contributed by atoms with E-state index < -0.39 is 0 Å². The van der Waals surface area contributed by atoms with Crippen LogP contribution in [0.2, 0.25) is 0 Å². The van der Waals surface area contributed by atoms with Gasteiger partial charge in [0.25, 0.3) is 0 Å². The number of allylic oxidation sites excluding steroid dienone is 1. The molecule has 0 bridgehead atoms. The van der Waals surface area contributed by atoms with Crippen LogP contribution in [0.5, 0.6) is 0 Å². The van der Waals surface area contributed by atoms with E-state index in [-0.39, 0.29) is 17.8 Å². The quantitative estimate of drug-likeness (QED) is 0.626. The van der Waals surface area contributed by atoms with Gasteiger partial charge in [-0.15, -0.1) is 0 Å². The number of fused-ring (bicyclic) bond motifs is 1. The zero-order chi connectivity index (χ0) is 14.7. The van der Waals surface area contributed by atoms with Crippen LogP contribution in [0.1, 0.15) is 35.4 Å². The third-order valence-corrected chi connectivity index (χ3v) is 3.86. The summed E-state index contributed by atoms with van der Waals surface area (Å²) in [5.74, 6) is -0.262. The fraction of sp³-hybridized carbons (Fsp3) is 0.211. The topological polar surface area (TPSA) is 26.3 Å². The summed E-state index contributed by atoms with van der Waals surface area (Å²) < 4.78 is 5.19. The summed E-state index contributed by atoms with van der Waals surface area (Å²) in [6.07, 6.45) is 4.08. The van der Waals surface area contributed by atoms with Gasteiger partial charge in [0.2, 0.25) is 0 Å². The second kappa shape index (κ2) is 5.96. The van der Waals surface area contributed by atoms with E-state index in [1.807, 2.05) is 49.4 Å². The Morgan fingerprint density at radius 2 is 1.62 bits per heavy atom. The molecule has 0 aromatic heterocycles. The largest absolute Gasteiger partial charge is 0.465 e. The average molecular weight is 278 g/mol. The number of benzene rings is 2. The van der Waals surface area contributed by atoms with Crippen LogP contribution in [-0.4, -0.2) is 12.6 Å². The summed E-state index contributed by atoms with van der Waals surface area (Å²) in [4.78, 5) is 12.1. The van der Waals surface area contributed by atoms with Crippen LogP contribution in [0.25, 0.3) is 0 Å². The van der Waals surface area contributed by atoms with Crippen LogP contribution in [0, 0.1) is 0 Å². The highest BCUT2D eigenvalue weighted by Gasteiger charge is 2.28. The monoisotopic (exact) mass is 278 g/mol. The molecule has 0 aliphatic heterocycles. The van der Waals surface area contributed by atoms with E-state index in [0.717, 1.165) is 5.56 Å². The van der Waals surface area contributed by atoms with E-state index in [1.165, 1.54) is 11.1 Å². The Morgan fingerprint density at radius 1 is 0.952 bits per heavy atom. The molecule has 0 unspecified atom stereocenters. The predicted molar refractivity (Wildman–Crippen MR) is 83.2 cm³/mol. The lowest BCUT2D eigenvalue weighted by atomic mass is 9.79. The number of carbonyl (C=O) groups excluding carboxylic acids is 1. The van der Waals surface area contributed by atoms with Crippen molar-refractivity contribution < 1.29 is 9.53 Å². The van der Waals surface area contributed by atoms with Crippen molar-refractivity contribution in [1.29, 1.82) is 0 Å². The minimum absolute atomic E-state index is 0.173. The SMILES string of the molecule is CCOC(=O)[C@H]1C=C[C@@H](c2ccccc2)c2ccccc21. The van der Waals surface area contributed by atoms with Crippen LogP contribution in [0.3, 0.4) is 0 Å². The van der Waals surface area contributed by atoms with Gasteiger partial charge in [0.15, 0.2) is 0 Å². The first-order valence-corrected chi connectivity index (χ1v) is 7.30. The predicted octanol–water partition coefficient (Wildman–Crippen LogP) is 4.04. The molecule has 0 saturated heterocycles. The van der Waals surface area contributed by atoms with Gasteiger partial charge in [-0.25, -0.2) is 0 Å². The Hall–Kier alpha value is -2.35. The van der Waals surface area contributed by atoms with Gasteiger partial charge in [-0.2, -0.15) is 0 Å². The van der Waals surface area contributed by atoms with Crippen LogP contribution < -0.4 is 0 Å². The second-order valence-corrected chi connectivity index (χ2v) is 5.13. The van der Waals surface area contributed by atoms with Crippen LogP contribution >= 0.6 is 0 Å². The van der Waals surface area contributed by atoms with E-state index in [1.54, 1.807) is 0 Å². The average Bonchev–Trinajstić information content (AvgIpc) is 2.55. The molecule has 2 nitrogen and oxygen atoms in total. The van der Waals surface area contributed by atoms with Crippen molar-refractivity contribution in [1.82, 2.24) is 0 Å². The molecule has 2 atom stereocenters. The fourth-order valence-electron chi connectivity index (χ4n) is 2.90. The van der Waals surface area contributed by atoms with Gasteiger partial charge in [0.05, 0.1) is 6.61 Å². The molecule has 1 aliphatic rings. The Morgan fingerprint density at radius 3 is 2.33 bits per heavy atom. The van der Waals surface area contributed by atoms with Gasteiger partial charge in [-0.1, -0.05) is 66.7 Å². The lowest BCUT2D eigenvalue weighted by molar-refractivity contribution is -0.143. The molecule has 106 valence electrons. The third kappa shape index (κ3) is 2.62. The van der Waals surface area contributed by atoms with Crippen molar-refractivity contribution in [3.8, 4) is 0 Å². The third-order valence-electron chi connectivity index (χ3n) is 3.86. The molecule has 0 amide bonds. The fourth-order valence-corrected chi connectivity index (χ4v) is 2.90. The van der Waals surface area contributed by atoms with E-state index in [9.17, 15) is 4.79 Å². The number of hydrogen-bond acceptors (Lipinski definition) is 2. The van der Waals surface area contributed by atoms with E-state index in [2.05, 4.69) is 24.3 Å². The highest BCUT2D eigenvalue weighted by molar-refractivity contribution is 5.82. The molecule has 0 radical (unpaired) electrons. The summed E-state index contributed by atoms with van der Waals surface area (Å²) >= 11 is 0. The molecule has 3 rings (SSSR count). The van der Waals surface area contributed by atoms with Gasteiger partial charge in [-0.3, -0.25) is 4.79 Å². The normalized spacial score (nSPS) is 19.9. The first kappa shape index (κ1) is 13.6. The van der Waals surface area contributed by atoms with Gasteiger partial charge >= 0.3 is 5.97 Å². The molecule has 2 aromatic carbocycles. The minimum Gasteiger partial charge on any atom is -0.465 e. The smallest absolute Gasteiger partial charge is 0.317 e. The highest BCUT2D eigenvalue weighted by Crippen LogP contribution is 2.37. The molecule has 2 heteroatoms. The maximum Gasteiger partial charge on any atom is 0.317 e. The molecule has 2 aromatic rings. The molecule has 1 aliphatic carbocycles. The Kier molecular flexibility index (Phi) is 3.87. The van der Waals surface area contributed by atoms with Gasteiger partial charge in [-0.05, 0) is 23.6 Å². The first-order valence-electron chi connectivity index (χ1n) is 7.30. The maximum absolute atomic E-state index is 12.1. The molecule has 0 fully saturated rings. The molecule has 21 heavy (non-hydrogen) atoms. The van der Waals surface area contributed by atoms with Crippen molar-refractivity contribution >= 4 is 5.97 Å². The molecular weight excluding hydrogens is 260 g/mol. The van der Waals surface area contributed by atoms with Gasteiger partial charge < -0.3 is 4.74 Å². The molecule has 0 N–H and O–H groups in total. The number of carbonyl (C=O) groups is 1. The van der Waals surface area contributed by atoms with Crippen molar-refractivity contribution in [3.63, 3.8) is 0 Å². The number of hydrogen-bond donors (Lipinski definition) is 0. The lowest BCUT2D eigenvalue weighted by Crippen LogP contribution is -2.19. The second-order valence-electron chi connectivity index (χ2n) is 5.13. The summed E-state index contributed by atoms with van der Waals surface area (Å²) in [7, 11) is 0. The Balaban J connectivity index is 2.02. The molecule has 0 heterocycles. The number of ether oxygens (including phenoxy) is 1. The minimum atomic E-state index is -0.291. The maximum atomic E-state index is 12.1. The molecular formula is C19H18O2. The zero-order valence-electron chi connectivity index (χ0n) is 12.0. The van der Waals surface area contributed by atoms with Gasteiger partial charge in [0, 0.05) is 5.92 Å². The van der Waals surface area contributed by atoms with Crippen molar-refractivity contribution in [3.05, 3.63) is 83.4 Å². The summed E-state index contributed by atoms with van der Waals surface area (Å²) in [5, 5.41) is 0. The number of esters is 1. The molecule has 0 saturated carbocycles. The van der Waals surface area contributed by atoms with Crippen molar-refractivity contribution in [2.75, 3.05) is 6.61 Å².